The maximum atomic E-state index is 13.4. The number of para-hydroxylation sites is 2. The normalized spacial score (nSPS) is 13.8. The van der Waals surface area contributed by atoms with Gasteiger partial charge in [0.05, 0.1) is 11.0 Å². The number of halogens is 1. The van der Waals surface area contributed by atoms with Crippen LogP contribution in [0.15, 0.2) is 78.4 Å². The number of aromatic nitrogens is 2. The third kappa shape index (κ3) is 6.03. The largest absolute Gasteiger partial charge is 0.398 e. The maximum Gasteiger partial charge on any atom is 0.255 e. The highest BCUT2D eigenvalue weighted by Crippen LogP contribution is 2.27. The van der Waals surface area contributed by atoms with E-state index in [1.165, 1.54) is 12.1 Å². The zero-order valence-electron chi connectivity index (χ0n) is 20.3. The number of carbonyl (C=O) groups excluding carboxylic acids is 2. The molecule has 37 heavy (non-hydrogen) atoms. The molecule has 1 aliphatic carbocycles. The number of nitrogens with two attached hydrogens (primary N) is 1. The van der Waals surface area contributed by atoms with Crippen molar-refractivity contribution in [2.24, 2.45) is 11.7 Å². The second-order valence-electron chi connectivity index (χ2n) is 9.31. The number of nitrogens with zero attached hydrogens (tertiary/aromatic N) is 1. The summed E-state index contributed by atoms with van der Waals surface area (Å²) in [5, 5.41) is 5.77. The summed E-state index contributed by atoms with van der Waals surface area (Å²) in [7, 11) is 0. The van der Waals surface area contributed by atoms with Gasteiger partial charge in [-0.1, -0.05) is 36.4 Å². The summed E-state index contributed by atoms with van der Waals surface area (Å²) in [4.78, 5) is 33.3. The predicted molar refractivity (Wildman–Crippen MR) is 142 cm³/mol. The van der Waals surface area contributed by atoms with Crippen LogP contribution in [0.1, 0.15) is 40.7 Å². The Morgan fingerprint density at radius 3 is 2.38 bits per heavy atom. The van der Waals surface area contributed by atoms with E-state index in [4.69, 9.17) is 5.73 Å². The van der Waals surface area contributed by atoms with E-state index < -0.39 is 0 Å². The highest BCUT2D eigenvalue weighted by atomic mass is 19.1. The molecular formula is C29H28FN5O2. The van der Waals surface area contributed by atoms with Gasteiger partial charge in [-0.05, 0) is 79.1 Å². The van der Waals surface area contributed by atoms with Crippen LogP contribution in [0.5, 0.6) is 0 Å². The monoisotopic (exact) mass is 497 g/mol. The highest BCUT2D eigenvalue weighted by Gasteiger charge is 2.22. The van der Waals surface area contributed by atoms with Crippen molar-refractivity contribution in [2.75, 3.05) is 11.9 Å². The van der Waals surface area contributed by atoms with E-state index >= 15 is 0 Å². The van der Waals surface area contributed by atoms with Crippen molar-refractivity contribution in [3.63, 3.8) is 0 Å². The van der Waals surface area contributed by atoms with Gasteiger partial charge in [-0.25, -0.2) is 9.37 Å². The van der Waals surface area contributed by atoms with E-state index in [1.54, 1.807) is 36.4 Å². The number of imidazole rings is 1. The number of hydrogen-bond acceptors (Lipinski definition) is 4. The molecule has 1 heterocycles. The number of carbonyl (C=O) groups is 2. The summed E-state index contributed by atoms with van der Waals surface area (Å²) < 4.78 is 13.3. The first-order valence-corrected chi connectivity index (χ1v) is 12.3. The number of fused-ring (bicyclic) bond motifs is 1. The van der Waals surface area contributed by atoms with Crippen LogP contribution in [-0.4, -0.2) is 28.3 Å². The third-order valence-corrected chi connectivity index (χ3v) is 6.50. The minimum atomic E-state index is -0.384. The molecule has 5 rings (SSSR count). The first-order chi connectivity index (χ1) is 18.0. The number of aromatic amines is 1. The van der Waals surface area contributed by atoms with E-state index in [2.05, 4.69) is 20.6 Å². The number of hydrogen-bond donors (Lipinski definition) is 4. The Kier molecular flexibility index (Phi) is 6.98. The maximum absolute atomic E-state index is 13.4. The van der Waals surface area contributed by atoms with Crippen molar-refractivity contribution >= 4 is 34.5 Å². The Bertz CT molecular complexity index is 1420. The van der Waals surface area contributed by atoms with E-state index in [-0.39, 0.29) is 17.6 Å². The topological polar surface area (TPSA) is 113 Å². The van der Waals surface area contributed by atoms with Crippen LogP contribution in [0.2, 0.25) is 0 Å². The Labute approximate surface area is 214 Å². The molecule has 8 heteroatoms. The van der Waals surface area contributed by atoms with E-state index in [1.807, 2.05) is 24.3 Å². The molecular weight excluding hydrogens is 469 g/mol. The molecule has 0 saturated heterocycles. The van der Waals surface area contributed by atoms with Crippen molar-refractivity contribution in [1.82, 2.24) is 15.3 Å². The van der Waals surface area contributed by atoms with Gasteiger partial charge in [-0.2, -0.15) is 0 Å². The summed E-state index contributed by atoms with van der Waals surface area (Å²) in [6, 6.07) is 20.5. The lowest BCUT2D eigenvalue weighted by Crippen LogP contribution is -2.25. The van der Waals surface area contributed by atoms with Crippen LogP contribution in [-0.2, 0) is 11.2 Å². The molecule has 0 unspecified atom stereocenters. The van der Waals surface area contributed by atoms with Crippen LogP contribution >= 0.6 is 0 Å². The Balaban J connectivity index is 1.38. The molecule has 1 aliphatic rings. The molecule has 0 radical (unpaired) electrons. The van der Waals surface area contributed by atoms with Gasteiger partial charge < -0.3 is 16.0 Å². The van der Waals surface area contributed by atoms with Crippen LogP contribution in [0, 0.1) is 11.7 Å². The van der Waals surface area contributed by atoms with Crippen LogP contribution in [0.3, 0.4) is 0 Å². The molecule has 0 bridgehead atoms. The van der Waals surface area contributed by atoms with E-state index in [0.29, 0.717) is 53.6 Å². The molecule has 0 atom stereocenters. The molecule has 188 valence electrons. The van der Waals surface area contributed by atoms with Crippen molar-refractivity contribution < 1.29 is 14.0 Å². The van der Waals surface area contributed by atoms with Gasteiger partial charge in [0, 0.05) is 23.4 Å². The van der Waals surface area contributed by atoms with Crippen LogP contribution in [0.4, 0.5) is 10.3 Å². The average molecular weight is 498 g/mol. The van der Waals surface area contributed by atoms with Gasteiger partial charge in [0.15, 0.2) is 0 Å². The smallest absolute Gasteiger partial charge is 0.255 e. The number of benzene rings is 3. The fraction of sp³-hybridized carbons (Fsp3) is 0.207. The molecule has 0 aliphatic heterocycles. The van der Waals surface area contributed by atoms with Crippen molar-refractivity contribution in [3.8, 4) is 0 Å². The lowest BCUT2D eigenvalue weighted by atomic mass is 9.98. The van der Waals surface area contributed by atoms with Crippen molar-refractivity contribution in [2.45, 2.75) is 25.7 Å². The molecule has 4 aromatic rings. The van der Waals surface area contributed by atoms with Gasteiger partial charge >= 0.3 is 0 Å². The summed E-state index contributed by atoms with van der Waals surface area (Å²) in [5.74, 6) is 0.0877. The van der Waals surface area contributed by atoms with E-state index in [9.17, 15) is 14.0 Å². The SMILES string of the molecule is NC(=C(CCc1ccc(F)cc1)C(=O)Nc1nc2ccccc2[nH]1)c1ccc(C(=O)NCC2CC2)cc1. The highest BCUT2D eigenvalue weighted by molar-refractivity contribution is 6.08. The van der Waals surface area contributed by atoms with Gasteiger partial charge in [-0.15, -0.1) is 0 Å². The first kappa shape index (κ1) is 24.2. The van der Waals surface area contributed by atoms with Gasteiger partial charge in [0.25, 0.3) is 11.8 Å². The quantitative estimate of drug-likeness (QED) is 0.249. The molecule has 5 N–H and O–H groups in total. The molecule has 1 fully saturated rings. The number of aryl methyl sites for hydroxylation is 1. The number of amides is 2. The summed E-state index contributed by atoms with van der Waals surface area (Å²) in [6.07, 6.45) is 3.15. The lowest BCUT2D eigenvalue weighted by Gasteiger charge is -2.13. The van der Waals surface area contributed by atoms with E-state index in [0.717, 1.165) is 29.4 Å². The van der Waals surface area contributed by atoms with Crippen LogP contribution < -0.4 is 16.4 Å². The Hall–Kier alpha value is -4.46. The van der Waals surface area contributed by atoms with Crippen molar-refractivity contribution in [1.29, 1.82) is 0 Å². The molecule has 7 nitrogen and oxygen atoms in total. The predicted octanol–water partition coefficient (Wildman–Crippen LogP) is 4.78. The molecule has 1 aromatic heterocycles. The number of rotatable bonds is 9. The summed E-state index contributed by atoms with van der Waals surface area (Å²) in [5.41, 5.74) is 10.8. The van der Waals surface area contributed by atoms with Gasteiger partial charge in [0.1, 0.15) is 5.82 Å². The summed E-state index contributed by atoms with van der Waals surface area (Å²) in [6.45, 7) is 0.693. The standard InChI is InChI=1S/C29H28FN5O2/c30-22-14-7-18(8-15-22)9-16-23(28(37)35-29-33-24-3-1-2-4-25(24)34-29)26(31)20-10-12-21(13-11-20)27(36)32-17-19-5-6-19/h1-4,7-8,10-15,19H,5-6,9,16-17,31H2,(H,32,36)(H2,33,34,35,37). The first-order valence-electron chi connectivity index (χ1n) is 12.3. The van der Waals surface area contributed by atoms with Gasteiger partial charge in [0.2, 0.25) is 5.95 Å². The lowest BCUT2D eigenvalue weighted by molar-refractivity contribution is -0.113. The Morgan fingerprint density at radius 2 is 1.68 bits per heavy atom. The molecule has 2 amide bonds. The second kappa shape index (κ2) is 10.7. The minimum absolute atomic E-state index is 0.125. The number of H-pyrrole nitrogens is 1. The van der Waals surface area contributed by atoms with Gasteiger partial charge in [-0.3, -0.25) is 14.9 Å². The average Bonchev–Trinajstić information content (AvgIpc) is 3.66. The fourth-order valence-corrected chi connectivity index (χ4v) is 4.12. The Morgan fingerprint density at radius 1 is 0.973 bits per heavy atom. The van der Waals surface area contributed by atoms with Crippen molar-refractivity contribution in [3.05, 3.63) is 101 Å². The molecule has 3 aromatic carbocycles. The minimum Gasteiger partial charge on any atom is -0.398 e. The second-order valence-corrected chi connectivity index (χ2v) is 9.31. The summed E-state index contributed by atoms with van der Waals surface area (Å²) >= 11 is 0. The zero-order valence-corrected chi connectivity index (χ0v) is 20.3. The number of nitrogens with one attached hydrogen (secondary N) is 3. The number of anilines is 1. The molecule has 1 saturated carbocycles. The molecule has 0 spiro atoms. The zero-order chi connectivity index (χ0) is 25.8. The van der Waals surface area contributed by atoms with Crippen LogP contribution in [0.25, 0.3) is 16.7 Å². The third-order valence-electron chi connectivity index (χ3n) is 6.50. The fourth-order valence-electron chi connectivity index (χ4n) is 4.12.